The van der Waals surface area contributed by atoms with Crippen LogP contribution in [0.2, 0.25) is 0 Å². The minimum Gasteiger partial charge on any atom is -0.396 e. The molecule has 1 saturated carbocycles. The van der Waals surface area contributed by atoms with E-state index in [1.54, 1.807) is 7.05 Å². The van der Waals surface area contributed by atoms with Crippen molar-refractivity contribution in [2.24, 2.45) is 10.4 Å². The Morgan fingerprint density at radius 2 is 1.94 bits per heavy atom. The quantitative estimate of drug-likeness (QED) is 0.505. The van der Waals surface area contributed by atoms with Crippen molar-refractivity contribution in [2.75, 3.05) is 26.7 Å². The molecule has 1 aliphatic rings. The monoisotopic (exact) mass is 241 g/mol. The predicted molar refractivity (Wildman–Crippen MR) is 72.3 cm³/mol. The predicted octanol–water partition coefficient (Wildman–Crippen LogP) is 1.50. The zero-order valence-corrected chi connectivity index (χ0v) is 11.3. The maximum Gasteiger partial charge on any atom is 0.190 e. The van der Waals surface area contributed by atoms with Gasteiger partial charge in [0, 0.05) is 26.7 Å². The van der Waals surface area contributed by atoms with Crippen LogP contribution in [0.4, 0.5) is 0 Å². The van der Waals surface area contributed by atoms with Crippen molar-refractivity contribution in [3.8, 4) is 0 Å². The van der Waals surface area contributed by atoms with Crippen LogP contribution >= 0.6 is 0 Å². The highest BCUT2D eigenvalue weighted by Gasteiger charge is 2.31. The van der Waals surface area contributed by atoms with Gasteiger partial charge in [0.1, 0.15) is 0 Å². The van der Waals surface area contributed by atoms with E-state index in [1.165, 1.54) is 32.1 Å². The summed E-state index contributed by atoms with van der Waals surface area (Å²) in [5, 5.41) is 15.8. The van der Waals surface area contributed by atoms with Gasteiger partial charge in [-0.05, 0) is 31.6 Å². The molecule has 1 aliphatic carbocycles. The summed E-state index contributed by atoms with van der Waals surface area (Å²) >= 11 is 0. The maximum atomic E-state index is 9.24. The second-order valence-corrected chi connectivity index (χ2v) is 4.99. The van der Waals surface area contributed by atoms with Crippen LogP contribution in [0.15, 0.2) is 4.99 Å². The molecule has 0 atom stereocenters. The Morgan fingerprint density at radius 3 is 2.47 bits per heavy atom. The number of nitrogens with one attached hydrogen (secondary N) is 2. The van der Waals surface area contributed by atoms with Gasteiger partial charge in [-0.15, -0.1) is 0 Å². The molecule has 4 heteroatoms. The van der Waals surface area contributed by atoms with Gasteiger partial charge < -0.3 is 15.7 Å². The summed E-state index contributed by atoms with van der Waals surface area (Å²) < 4.78 is 0. The molecule has 1 fully saturated rings. The Balaban J connectivity index is 2.48. The molecular formula is C13H27N3O. The van der Waals surface area contributed by atoms with Crippen LogP contribution < -0.4 is 10.6 Å². The largest absolute Gasteiger partial charge is 0.396 e. The lowest BCUT2D eigenvalue weighted by atomic mass is 9.72. The summed E-state index contributed by atoms with van der Waals surface area (Å²) in [6.07, 6.45) is 7.29. The average Bonchev–Trinajstić information content (AvgIpc) is 2.36. The van der Waals surface area contributed by atoms with E-state index < -0.39 is 0 Å². The number of aliphatic imine (C=N–C) groups is 1. The summed E-state index contributed by atoms with van der Waals surface area (Å²) in [5.74, 6) is 0.871. The standard InChI is InChI=1S/C13H27N3O/c1-3-15-12(14-2)16-11-13(9-10-17)7-5-4-6-8-13/h17H,3-11H2,1-2H3,(H2,14,15,16). The highest BCUT2D eigenvalue weighted by atomic mass is 16.3. The first-order valence-corrected chi connectivity index (χ1v) is 6.82. The van der Waals surface area contributed by atoms with Gasteiger partial charge >= 0.3 is 0 Å². The summed E-state index contributed by atoms with van der Waals surface area (Å²) in [7, 11) is 1.80. The van der Waals surface area contributed by atoms with Crippen molar-refractivity contribution in [3.63, 3.8) is 0 Å². The minimum atomic E-state index is 0.276. The van der Waals surface area contributed by atoms with Crippen LogP contribution in [0.3, 0.4) is 0 Å². The fraction of sp³-hybridized carbons (Fsp3) is 0.923. The third-order valence-corrected chi connectivity index (χ3v) is 3.76. The first kappa shape index (κ1) is 14.3. The minimum absolute atomic E-state index is 0.276. The zero-order chi connectivity index (χ0) is 12.6. The SMILES string of the molecule is CCNC(=NC)NCC1(CCO)CCCCC1. The lowest BCUT2D eigenvalue weighted by Crippen LogP contribution is -2.44. The van der Waals surface area contributed by atoms with Gasteiger partial charge in [0.2, 0.25) is 0 Å². The van der Waals surface area contributed by atoms with Crippen LogP contribution in [-0.4, -0.2) is 37.8 Å². The topological polar surface area (TPSA) is 56.7 Å². The van der Waals surface area contributed by atoms with Crippen molar-refractivity contribution in [3.05, 3.63) is 0 Å². The third kappa shape index (κ3) is 4.54. The van der Waals surface area contributed by atoms with Gasteiger partial charge in [-0.25, -0.2) is 0 Å². The van der Waals surface area contributed by atoms with Gasteiger partial charge in [-0.3, -0.25) is 4.99 Å². The van der Waals surface area contributed by atoms with Gasteiger partial charge in [0.25, 0.3) is 0 Å². The Bertz CT molecular complexity index is 229. The number of rotatable bonds is 5. The van der Waals surface area contributed by atoms with E-state index in [2.05, 4.69) is 22.5 Å². The number of hydrogen-bond donors (Lipinski definition) is 3. The summed E-state index contributed by atoms with van der Waals surface area (Å²) in [6, 6.07) is 0. The van der Waals surface area contributed by atoms with Crippen molar-refractivity contribution in [1.29, 1.82) is 0 Å². The van der Waals surface area contributed by atoms with E-state index in [4.69, 9.17) is 0 Å². The Kier molecular flexibility index (Phi) is 6.34. The molecule has 4 nitrogen and oxygen atoms in total. The van der Waals surface area contributed by atoms with Crippen molar-refractivity contribution in [2.45, 2.75) is 45.4 Å². The Labute approximate surface area is 105 Å². The smallest absolute Gasteiger partial charge is 0.190 e. The molecule has 3 N–H and O–H groups in total. The van der Waals surface area contributed by atoms with Crippen LogP contribution in [0.1, 0.15) is 45.4 Å². The van der Waals surface area contributed by atoms with Crippen LogP contribution in [0, 0.1) is 5.41 Å². The van der Waals surface area contributed by atoms with Crippen LogP contribution in [0.25, 0.3) is 0 Å². The third-order valence-electron chi connectivity index (χ3n) is 3.76. The van der Waals surface area contributed by atoms with Crippen molar-refractivity contribution < 1.29 is 5.11 Å². The van der Waals surface area contributed by atoms with Crippen LogP contribution in [-0.2, 0) is 0 Å². The molecule has 0 aromatic carbocycles. The first-order valence-electron chi connectivity index (χ1n) is 6.82. The zero-order valence-electron chi connectivity index (χ0n) is 11.3. The average molecular weight is 241 g/mol. The fourth-order valence-electron chi connectivity index (χ4n) is 2.71. The van der Waals surface area contributed by atoms with Gasteiger partial charge in [0.15, 0.2) is 5.96 Å². The molecule has 0 saturated heterocycles. The summed E-state index contributed by atoms with van der Waals surface area (Å²) in [6.45, 7) is 4.17. The van der Waals surface area contributed by atoms with E-state index in [9.17, 15) is 5.11 Å². The molecule has 0 unspecified atom stereocenters. The van der Waals surface area contributed by atoms with E-state index in [0.717, 1.165) is 25.5 Å². The lowest BCUT2D eigenvalue weighted by molar-refractivity contribution is 0.131. The normalized spacial score (nSPS) is 20.1. The first-order chi connectivity index (χ1) is 8.26. The molecule has 0 radical (unpaired) electrons. The highest BCUT2D eigenvalue weighted by Crippen LogP contribution is 2.38. The van der Waals surface area contributed by atoms with Gasteiger partial charge in [-0.1, -0.05) is 19.3 Å². The fourth-order valence-corrected chi connectivity index (χ4v) is 2.71. The molecule has 100 valence electrons. The van der Waals surface area contributed by atoms with Gasteiger partial charge in [-0.2, -0.15) is 0 Å². The molecule has 17 heavy (non-hydrogen) atoms. The molecule has 1 rings (SSSR count). The Morgan fingerprint density at radius 1 is 1.24 bits per heavy atom. The summed E-state index contributed by atoms with van der Waals surface area (Å²) in [4.78, 5) is 4.19. The van der Waals surface area contributed by atoms with E-state index in [1.807, 2.05) is 0 Å². The van der Waals surface area contributed by atoms with Gasteiger partial charge in [0.05, 0.1) is 0 Å². The molecule has 0 aliphatic heterocycles. The van der Waals surface area contributed by atoms with Crippen molar-refractivity contribution in [1.82, 2.24) is 10.6 Å². The van der Waals surface area contributed by atoms with E-state index >= 15 is 0 Å². The number of hydrogen-bond acceptors (Lipinski definition) is 2. The summed E-state index contributed by atoms with van der Waals surface area (Å²) in [5.41, 5.74) is 0.276. The van der Waals surface area contributed by atoms with E-state index in [0.29, 0.717) is 6.61 Å². The van der Waals surface area contributed by atoms with Crippen LogP contribution in [0.5, 0.6) is 0 Å². The molecule has 0 heterocycles. The number of nitrogens with zero attached hydrogens (tertiary/aromatic N) is 1. The molecule has 0 amide bonds. The molecule has 0 aromatic rings. The molecule has 0 aromatic heterocycles. The van der Waals surface area contributed by atoms with Crippen molar-refractivity contribution >= 4 is 5.96 Å². The van der Waals surface area contributed by atoms with E-state index in [-0.39, 0.29) is 5.41 Å². The number of aliphatic hydroxyl groups excluding tert-OH is 1. The highest BCUT2D eigenvalue weighted by molar-refractivity contribution is 5.79. The lowest BCUT2D eigenvalue weighted by Gasteiger charge is -2.37. The maximum absolute atomic E-state index is 9.24. The molecular weight excluding hydrogens is 214 g/mol. The second kappa shape index (κ2) is 7.54. The number of guanidine groups is 1. The molecule has 0 bridgehead atoms. The number of aliphatic hydroxyl groups is 1. The molecule has 0 spiro atoms. The second-order valence-electron chi connectivity index (χ2n) is 4.99. The Hall–Kier alpha value is -0.770.